The van der Waals surface area contributed by atoms with Gasteiger partial charge in [0.05, 0.1) is 13.2 Å². The van der Waals surface area contributed by atoms with Crippen LogP contribution >= 0.6 is 0 Å². The zero-order valence-corrected chi connectivity index (χ0v) is 16.8. The number of carbonyl (C=O) groups is 1. The van der Waals surface area contributed by atoms with Gasteiger partial charge in [-0.05, 0) is 48.7 Å². The van der Waals surface area contributed by atoms with Gasteiger partial charge < -0.3 is 25.2 Å². The van der Waals surface area contributed by atoms with Crippen LogP contribution in [-0.4, -0.2) is 30.8 Å². The van der Waals surface area contributed by atoms with Crippen molar-refractivity contribution in [3.63, 3.8) is 0 Å². The second kappa shape index (κ2) is 11.2. The van der Waals surface area contributed by atoms with E-state index in [1.165, 1.54) is 0 Å². The number of aliphatic hydroxyl groups excluding tert-OH is 1. The largest absolute Gasteiger partial charge is 0.490 e. The smallest absolute Gasteiger partial charge is 0.224 e. The highest BCUT2D eigenvalue weighted by Gasteiger charge is 2.08. The van der Waals surface area contributed by atoms with Crippen LogP contribution in [0.2, 0.25) is 0 Å². The van der Waals surface area contributed by atoms with Crippen molar-refractivity contribution < 1.29 is 19.4 Å². The number of amides is 1. The molecule has 6 heteroatoms. The van der Waals surface area contributed by atoms with Gasteiger partial charge in [-0.15, -0.1) is 0 Å². The minimum absolute atomic E-state index is 0.0203. The summed E-state index contributed by atoms with van der Waals surface area (Å²) in [4.78, 5) is 11.9. The second-order valence-corrected chi connectivity index (χ2v) is 6.87. The van der Waals surface area contributed by atoms with Crippen molar-refractivity contribution in [3.05, 3.63) is 48.0 Å². The first-order valence-corrected chi connectivity index (χ1v) is 9.65. The number of aliphatic hydroxyl groups is 1. The first kappa shape index (κ1) is 21.6. The minimum atomic E-state index is -0.0427. The zero-order chi connectivity index (χ0) is 20.4. The summed E-state index contributed by atoms with van der Waals surface area (Å²) < 4.78 is 11.1. The first-order chi connectivity index (χ1) is 13.5. The van der Waals surface area contributed by atoms with Gasteiger partial charge in [0.2, 0.25) is 5.91 Å². The zero-order valence-electron chi connectivity index (χ0n) is 16.8. The summed E-state index contributed by atoms with van der Waals surface area (Å²) in [6, 6.07) is 13.4. The van der Waals surface area contributed by atoms with Crippen LogP contribution in [0.25, 0.3) is 0 Å². The molecule has 0 aliphatic heterocycles. The van der Waals surface area contributed by atoms with Gasteiger partial charge in [0, 0.05) is 24.3 Å². The van der Waals surface area contributed by atoms with Crippen LogP contribution in [0.1, 0.15) is 32.8 Å². The SMILES string of the molecule is CCOc1cc(CNc2cccc(NC(=O)CC(C)C)c2)ccc1OCCO. The molecule has 0 aliphatic rings. The summed E-state index contributed by atoms with van der Waals surface area (Å²) in [5, 5.41) is 15.2. The lowest BCUT2D eigenvalue weighted by molar-refractivity contribution is -0.116. The molecule has 0 fully saturated rings. The van der Waals surface area contributed by atoms with Crippen molar-refractivity contribution in [1.29, 1.82) is 0 Å². The van der Waals surface area contributed by atoms with Crippen LogP contribution in [0.5, 0.6) is 11.5 Å². The number of ether oxygens (including phenoxy) is 2. The molecule has 0 saturated heterocycles. The van der Waals surface area contributed by atoms with E-state index in [2.05, 4.69) is 10.6 Å². The maximum Gasteiger partial charge on any atom is 0.224 e. The summed E-state index contributed by atoms with van der Waals surface area (Å²) >= 11 is 0. The van der Waals surface area contributed by atoms with Crippen LogP contribution in [0, 0.1) is 5.92 Å². The molecule has 2 aromatic carbocycles. The summed E-state index contributed by atoms with van der Waals surface area (Å²) in [7, 11) is 0. The van der Waals surface area contributed by atoms with Gasteiger partial charge in [-0.1, -0.05) is 26.0 Å². The third-order valence-corrected chi connectivity index (χ3v) is 3.89. The third kappa shape index (κ3) is 7.12. The predicted molar refractivity (Wildman–Crippen MR) is 112 cm³/mol. The monoisotopic (exact) mass is 386 g/mol. The molecule has 0 atom stereocenters. The number of benzene rings is 2. The van der Waals surface area contributed by atoms with Crippen LogP contribution in [-0.2, 0) is 11.3 Å². The molecule has 0 radical (unpaired) electrons. The maximum absolute atomic E-state index is 11.9. The number of carbonyl (C=O) groups excluding carboxylic acids is 1. The van der Waals surface area contributed by atoms with Gasteiger partial charge in [0.25, 0.3) is 0 Å². The Morgan fingerprint density at radius 3 is 2.57 bits per heavy atom. The van der Waals surface area contributed by atoms with Crippen LogP contribution in [0.4, 0.5) is 11.4 Å². The number of rotatable bonds is 11. The van der Waals surface area contributed by atoms with E-state index in [1.54, 1.807) is 0 Å². The first-order valence-electron chi connectivity index (χ1n) is 9.65. The highest BCUT2D eigenvalue weighted by Crippen LogP contribution is 2.29. The van der Waals surface area contributed by atoms with E-state index >= 15 is 0 Å². The predicted octanol–water partition coefficient (Wildman–Crippen LogP) is 4.05. The summed E-state index contributed by atoms with van der Waals surface area (Å²) in [5.74, 6) is 1.62. The van der Waals surface area contributed by atoms with Gasteiger partial charge in [-0.25, -0.2) is 0 Å². The molecule has 0 spiro atoms. The van der Waals surface area contributed by atoms with Gasteiger partial charge in [-0.2, -0.15) is 0 Å². The fourth-order valence-electron chi connectivity index (χ4n) is 2.70. The summed E-state index contributed by atoms with van der Waals surface area (Å²) in [5.41, 5.74) is 2.73. The van der Waals surface area contributed by atoms with Crippen molar-refractivity contribution in [2.75, 3.05) is 30.5 Å². The second-order valence-electron chi connectivity index (χ2n) is 6.87. The molecule has 0 aliphatic carbocycles. The maximum atomic E-state index is 11.9. The lowest BCUT2D eigenvalue weighted by Crippen LogP contribution is -2.13. The van der Waals surface area contributed by atoms with Gasteiger partial charge >= 0.3 is 0 Å². The molecule has 0 heterocycles. The quantitative estimate of drug-likeness (QED) is 0.543. The highest BCUT2D eigenvalue weighted by atomic mass is 16.5. The Balaban J connectivity index is 2.00. The molecular weight excluding hydrogens is 356 g/mol. The van der Waals surface area contributed by atoms with E-state index in [4.69, 9.17) is 14.6 Å². The summed E-state index contributed by atoms with van der Waals surface area (Å²) in [6.45, 7) is 7.28. The van der Waals surface area contributed by atoms with Gasteiger partial charge in [0.1, 0.15) is 6.61 Å². The van der Waals surface area contributed by atoms with Crippen molar-refractivity contribution in [2.45, 2.75) is 33.7 Å². The van der Waals surface area contributed by atoms with E-state index in [-0.39, 0.29) is 19.1 Å². The fourth-order valence-corrected chi connectivity index (χ4v) is 2.70. The molecule has 1 amide bonds. The number of anilines is 2. The normalized spacial score (nSPS) is 10.6. The van der Waals surface area contributed by atoms with Crippen molar-refractivity contribution in [3.8, 4) is 11.5 Å². The van der Waals surface area contributed by atoms with E-state index in [0.717, 1.165) is 16.9 Å². The highest BCUT2D eigenvalue weighted by molar-refractivity contribution is 5.91. The molecule has 0 saturated carbocycles. The fraction of sp³-hybridized carbons (Fsp3) is 0.409. The van der Waals surface area contributed by atoms with Crippen molar-refractivity contribution in [1.82, 2.24) is 0 Å². The average molecular weight is 386 g/mol. The molecule has 28 heavy (non-hydrogen) atoms. The molecule has 0 bridgehead atoms. The number of nitrogens with one attached hydrogen (secondary N) is 2. The van der Waals surface area contributed by atoms with Crippen molar-refractivity contribution in [2.24, 2.45) is 5.92 Å². The lowest BCUT2D eigenvalue weighted by Gasteiger charge is -2.14. The van der Waals surface area contributed by atoms with E-state index < -0.39 is 0 Å². The van der Waals surface area contributed by atoms with E-state index in [1.807, 2.05) is 63.2 Å². The molecule has 3 N–H and O–H groups in total. The van der Waals surface area contributed by atoms with E-state index in [9.17, 15) is 4.79 Å². The minimum Gasteiger partial charge on any atom is -0.490 e. The van der Waals surface area contributed by atoms with Gasteiger partial charge in [-0.3, -0.25) is 4.79 Å². The summed E-state index contributed by atoms with van der Waals surface area (Å²) in [6.07, 6.45) is 0.503. The Labute approximate surface area is 166 Å². The molecule has 2 aromatic rings. The van der Waals surface area contributed by atoms with Crippen LogP contribution in [0.15, 0.2) is 42.5 Å². The molecule has 0 unspecified atom stereocenters. The Kier molecular flexibility index (Phi) is 8.62. The number of hydrogen-bond acceptors (Lipinski definition) is 5. The molecule has 0 aromatic heterocycles. The third-order valence-electron chi connectivity index (χ3n) is 3.89. The van der Waals surface area contributed by atoms with Gasteiger partial charge in [0.15, 0.2) is 11.5 Å². The standard InChI is InChI=1S/C22H30N2O4/c1-4-27-21-13-17(8-9-20(21)28-11-10-25)15-23-18-6-5-7-19(14-18)24-22(26)12-16(2)3/h5-9,13-14,16,23,25H,4,10-12,15H2,1-3H3,(H,24,26). The Hall–Kier alpha value is -2.73. The Bertz CT molecular complexity index is 762. The van der Waals surface area contributed by atoms with Crippen molar-refractivity contribution >= 4 is 17.3 Å². The molecule has 152 valence electrons. The van der Waals surface area contributed by atoms with Crippen LogP contribution < -0.4 is 20.1 Å². The Morgan fingerprint density at radius 2 is 1.86 bits per heavy atom. The van der Waals surface area contributed by atoms with Crippen LogP contribution in [0.3, 0.4) is 0 Å². The molecule has 6 nitrogen and oxygen atoms in total. The number of hydrogen-bond donors (Lipinski definition) is 3. The average Bonchev–Trinajstić information content (AvgIpc) is 2.65. The Morgan fingerprint density at radius 1 is 1.07 bits per heavy atom. The molecular formula is C22H30N2O4. The molecule has 2 rings (SSSR count). The lowest BCUT2D eigenvalue weighted by atomic mass is 10.1. The van der Waals surface area contributed by atoms with E-state index in [0.29, 0.717) is 37.0 Å². The topological polar surface area (TPSA) is 79.8 Å².